The van der Waals surface area contributed by atoms with E-state index in [1.54, 1.807) is 18.2 Å². The number of hydrogen-bond donors (Lipinski definition) is 1. The van der Waals surface area contributed by atoms with E-state index in [-0.39, 0.29) is 11.5 Å². The van der Waals surface area contributed by atoms with Gasteiger partial charge < -0.3 is 5.11 Å². The summed E-state index contributed by atoms with van der Waals surface area (Å²) in [6, 6.07) is 6.07. The van der Waals surface area contributed by atoms with Crippen LogP contribution in [0.15, 0.2) is 24.3 Å². The molecule has 0 aliphatic rings. The molecule has 0 bridgehead atoms. The van der Waals surface area contributed by atoms with Gasteiger partial charge in [-0.25, -0.2) is 4.39 Å². The maximum Gasteiger partial charge on any atom is 0.311 e. The minimum absolute atomic E-state index is 0.0700. The van der Waals surface area contributed by atoms with Crippen LogP contribution < -0.4 is 0 Å². The minimum atomic E-state index is -0.963. The summed E-state index contributed by atoms with van der Waals surface area (Å²) in [6.45, 7) is 3.73. The summed E-state index contributed by atoms with van der Waals surface area (Å²) < 4.78 is 13.4. The van der Waals surface area contributed by atoms with E-state index in [2.05, 4.69) is 0 Å². The molecule has 2 unspecified atom stereocenters. The third-order valence-corrected chi connectivity index (χ3v) is 2.72. The van der Waals surface area contributed by atoms with Crippen molar-refractivity contribution in [3.05, 3.63) is 35.6 Å². The molecule has 0 fully saturated rings. The van der Waals surface area contributed by atoms with Crippen LogP contribution in [0.3, 0.4) is 0 Å². The van der Waals surface area contributed by atoms with Gasteiger partial charge in [0.15, 0.2) is 0 Å². The SMILES string of the molecule is CCC(C)C(C(=O)O)c1ccccc1F. The highest BCUT2D eigenvalue weighted by Gasteiger charge is 2.27. The zero-order chi connectivity index (χ0) is 11.4. The summed E-state index contributed by atoms with van der Waals surface area (Å²) in [6.07, 6.45) is 0.714. The van der Waals surface area contributed by atoms with Crippen LogP contribution in [0.5, 0.6) is 0 Å². The summed E-state index contributed by atoms with van der Waals surface area (Å²) in [7, 11) is 0. The van der Waals surface area contributed by atoms with Crippen LogP contribution in [0, 0.1) is 11.7 Å². The Hall–Kier alpha value is -1.38. The predicted molar refractivity (Wildman–Crippen MR) is 56.2 cm³/mol. The molecule has 0 aliphatic heterocycles. The fourth-order valence-electron chi connectivity index (χ4n) is 1.65. The summed E-state index contributed by atoms with van der Waals surface area (Å²) in [5, 5.41) is 9.09. The molecule has 82 valence electrons. The monoisotopic (exact) mass is 210 g/mol. The molecule has 1 N–H and O–H groups in total. The number of aliphatic carboxylic acids is 1. The van der Waals surface area contributed by atoms with Crippen LogP contribution in [-0.2, 0) is 4.79 Å². The maximum absolute atomic E-state index is 13.4. The lowest BCUT2D eigenvalue weighted by molar-refractivity contribution is -0.140. The zero-order valence-electron chi connectivity index (χ0n) is 8.90. The third-order valence-electron chi connectivity index (χ3n) is 2.72. The molecule has 0 heterocycles. The molecule has 0 saturated heterocycles. The molecule has 2 atom stereocenters. The van der Waals surface area contributed by atoms with Gasteiger partial charge >= 0.3 is 5.97 Å². The Balaban J connectivity index is 3.10. The van der Waals surface area contributed by atoms with E-state index in [1.807, 2.05) is 13.8 Å². The van der Waals surface area contributed by atoms with E-state index < -0.39 is 17.7 Å². The molecule has 1 rings (SSSR count). The van der Waals surface area contributed by atoms with Crippen molar-refractivity contribution >= 4 is 5.97 Å². The lowest BCUT2D eigenvalue weighted by Gasteiger charge is -2.19. The van der Waals surface area contributed by atoms with Crippen molar-refractivity contribution in [2.75, 3.05) is 0 Å². The molecule has 15 heavy (non-hydrogen) atoms. The number of hydrogen-bond acceptors (Lipinski definition) is 1. The Kier molecular flexibility index (Phi) is 3.83. The lowest BCUT2D eigenvalue weighted by atomic mass is 9.85. The van der Waals surface area contributed by atoms with Crippen LogP contribution in [0.1, 0.15) is 31.7 Å². The first-order valence-corrected chi connectivity index (χ1v) is 5.05. The largest absolute Gasteiger partial charge is 0.481 e. The fraction of sp³-hybridized carbons (Fsp3) is 0.417. The van der Waals surface area contributed by atoms with Crippen LogP contribution in [0.4, 0.5) is 4.39 Å². The van der Waals surface area contributed by atoms with Gasteiger partial charge in [-0.15, -0.1) is 0 Å². The zero-order valence-corrected chi connectivity index (χ0v) is 8.90. The Morgan fingerprint density at radius 2 is 2.07 bits per heavy atom. The first-order chi connectivity index (χ1) is 7.07. The highest BCUT2D eigenvalue weighted by atomic mass is 19.1. The fourth-order valence-corrected chi connectivity index (χ4v) is 1.65. The van der Waals surface area contributed by atoms with Gasteiger partial charge in [-0.2, -0.15) is 0 Å². The van der Waals surface area contributed by atoms with E-state index >= 15 is 0 Å². The summed E-state index contributed by atoms with van der Waals surface area (Å²) in [5.41, 5.74) is 0.277. The van der Waals surface area contributed by atoms with Crippen LogP contribution >= 0.6 is 0 Å². The minimum Gasteiger partial charge on any atom is -0.481 e. The van der Waals surface area contributed by atoms with Gasteiger partial charge in [-0.05, 0) is 12.0 Å². The molecule has 3 heteroatoms. The number of halogens is 1. The number of rotatable bonds is 4. The van der Waals surface area contributed by atoms with E-state index in [0.717, 1.165) is 0 Å². The van der Waals surface area contributed by atoms with E-state index in [9.17, 15) is 9.18 Å². The molecule has 1 aromatic carbocycles. The van der Waals surface area contributed by atoms with Gasteiger partial charge in [0, 0.05) is 5.56 Å². The Bertz CT molecular complexity index is 349. The second-order valence-corrected chi connectivity index (χ2v) is 3.72. The van der Waals surface area contributed by atoms with Gasteiger partial charge in [0.05, 0.1) is 5.92 Å². The number of carboxylic acids is 1. The molecule has 0 radical (unpaired) electrons. The number of carbonyl (C=O) groups is 1. The topological polar surface area (TPSA) is 37.3 Å². The smallest absolute Gasteiger partial charge is 0.311 e. The quantitative estimate of drug-likeness (QED) is 0.829. The lowest BCUT2D eigenvalue weighted by Crippen LogP contribution is -2.20. The van der Waals surface area contributed by atoms with Crippen molar-refractivity contribution in [1.29, 1.82) is 0 Å². The highest BCUT2D eigenvalue weighted by molar-refractivity contribution is 5.76. The normalized spacial score (nSPS) is 14.6. The van der Waals surface area contributed by atoms with Crippen LogP contribution in [0.25, 0.3) is 0 Å². The van der Waals surface area contributed by atoms with Crippen molar-refractivity contribution in [3.8, 4) is 0 Å². The Morgan fingerprint density at radius 3 is 2.53 bits per heavy atom. The summed E-state index contributed by atoms with van der Waals surface area (Å²) in [5.74, 6) is -2.23. The predicted octanol–water partition coefficient (Wildman–Crippen LogP) is 3.04. The van der Waals surface area contributed by atoms with E-state index in [1.165, 1.54) is 6.07 Å². The van der Waals surface area contributed by atoms with Crippen molar-refractivity contribution in [3.63, 3.8) is 0 Å². The first kappa shape index (κ1) is 11.7. The molecule has 0 spiro atoms. The highest BCUT2D eigenvalue weighted by Crippen LogP contribution is 2.28. The van der Waals surface area contributed by atoms with Crippen LogP contribution in [0.2, 0.25) is 0 Å². The van der Waals surface area contributed by atoms with Crippen LogP contribution in [-0.4, -0.2) is 11.1 Å². The van der Waals surface area contributed by atoms with Crippen molar-refractivity contribution < 1.29 is 14.3 Å². The molecular formula is C12H15FO2. The number of carboxylic acid groups (broad SMARTS) is 1. The summed E-state index contributed by atoms with van der Waals surface area (Å²) >= 11 is 0. The second-order valence-electron chi connectivity index (χ2n) is 3.72. The van der Waals surface area contributed by atoms with Gasteiger partial charge in [-0.1, -0.05) is 38.5 Å². The summed E-state index contributed by atoms with van der Waals surface area (Å²) in [4.78, 5) is 11.1. The van der Waals surface area contributed by atoms with Gasteiger partial charge in [0.1, 0.15) is 5.82 Å². The van der Waals surface area contributed by atoms with Gasteiger partial charge in [0.25, 0.3) is 0 Å². The molecule has 0 aliphatic carbocycles. The van der Waals surface area contributed by atoms with Gasteiger partial charge in [0.2, 0.25) is 0 Å². The standard InChI is InChI=1S/C12H15FO2/c1-3-8(2)11(12(14)15)9-6-4-5-7-10(9)13/h4-8,11H,3H2,1-2H3,(H,14,15). The second kappa shape index (κ2) is 4.91. The first-order valence-electron chi connectivity index (χ1n) is 5.05. The Morgan fingerprint density at radius 1 is 1.47 bits per heavy atom. The van der Waals surface area contributed by atoms with E-state index in [4.69, 9.17) is 5.11 Å². The molecule has 1 aromatic rings. The molecule has 0 aromatic heterocycles. The molecule has 2 nitrogen and oxygen atoms in total. The van der Waals surface area contributed by atoms with Crippen molar-refractivity contribution in [2.24, 2.45) is 5.92 Å². The molecular weight excluding hydrogens is 195 g/mol. The van der Waals surface area contributed by atoms with E-state index in [0.29, 0.717) is 6.42 Å². The molecule has 0 saturated carbocycles. The average Bonchev–Trinajstić information content (AvgIpc) is 2.20. The maximum atomic E-state index is 13.4. The average molecular weight is 210 g/mol. The molecule has 0 amide bonds. The third kappa shape index (κ3) is 2.55. The van der Waals surface area contributed by atoms with Crippen molar-refractivity contribution in [1.82, 2.24) is 0 Å². The Labute approximate surface area is 88.7 Å². The van der Waals surface area contributed by atoms with Gasteiger partial charge in [-0.3, -0.25) is 4.79 Å². The van der Waals surface area contributed by atoms with Crippen molar-refractivity contribution in [2.45, 2.75) is 26.2 Å². The number of benzene rings is 1.